The van der Waals surface area contributed by atoms with Gasteiger partial charge in [-0.2, -0.15) is 0 Å². The van der Waals surface area contributed by atoms with E-state index in [4.69, 9.17) is 22.9 Å². The number of carboxylic acid groups (broad SMARTS) is 1. The van der Waals surface area contributed by atoms with Gasteiger partial charge in [-0.25, -0.2) is 4.79 Å². The average Bonchev–Trinajstić information content (AvgIpc) is 3.90. The number of carboxylic acids is 1. The lowest BCUT2D eigenvalue weighted by Gasteiger charge is -2.30. The van der Waals surface area contributed by atoms with Crippen molar-refractivity contribution in [2.45, 2.75) is 146 Å². The number of aliphatic carboxylic acids is 1. The molecule has 0 radical (unpaired) electrons. The third-order valence-corrected chi connectivity index (χ3v) is 12.7. The summed E-state index contributed by atoms with van der Waals surface area (Å²) in [6.45, 7) is 4.88. The number of aromatic hydroxyl groups is 1. The molecule has 1 heterocycles. The Morgan fingerprint density at radius 1 is 0.641 bits per heavy atom. The summed E-state index contributed by atoms with van der Waals surface area (Å²) >= 11 is 0. The number of aliphatic hydroxyl groups is 3. The van der Waals surface area contributed by atoms with Gasteiger partial charge in [0.1, 0.15) is 66.2 Å². The average molecular weight is 1110 g/mol. The van der Waals surface area contributed by atoms with Crippen LogP contribution in [0.15, 0.2) is 29.3 Å². The van der Waals surface area contributed by atoms with Gasteiger partial charge in [-0.05, 0) is 68.6 Å². The normalized spacial score (nSPS) is 16.9. The van der Waals surface area contributed by atoms with Crippen LogP contribution in [0.2, 0.25) is 0 Å². The van der Waals surface area contributed by atoms with E-state index < -0.39 is 164 Å². The lowest BCUT2D eigenvalue weighted by atomic mass is 9.97. The number of carbonyl (C=O) groups is 11. The number of aliphatic hydroxyl groups excluding tert-OH is 3. The maximum Gasteiger partial charge on any atom is 0.326 e. The Labute approximate surface area is 450 Å². The van der Waals surface area contributed by atoms with Crippen LogP contribution in [0.5, 0.6) is 5.75 Å². The summed E-state index contributed by atoms with van der Waals surface area (Å²) in [5.41, 5.74) is 22.3. The van der Waals surface area contributed by atoms with Crippen molar-refractivity contribution in [3.63, 3.8) is 0 Å². The van der Waals surface area contributed by atoms with Crippen LogP contribution < -0.4 is 65.5 Å². The first-order chi connectivity index (χ1) is 36.7. The SMILES string of the molecule is CC[C@H](C)[C@H](NC(=O)[C@H](CO)NC(=O)[C@H](Cc1ccc(O)cc1)NC(=O)[C@@H](N)CO)C(=O)N[C@@H](CO)C(=O)N[C@H](C(=O)N[C@@H](CCCN=C(N)N)C(=O)N[C@@H](CCC(N)=O)C(=O)N[C@@H](C)C(=O)N1CCC[C@H]1C(=O)O)C(C)C. The Morgan fingerprint density at radius 2 is 1.13 bits per heavy atom. The first-order valence-corrected chi connectivity index (χ1v) is 25.4. The lowest BCUT2D eigenvalue weighted by Crippen LogP contribution is -2.62. The first kappa shape index (κ1) is 66.4. The number of carbonyl (C=O) groups excluding carboxylic acids is 10. The monoisotopic (exact) mass is 1110 g/mol. The highest BCUT2D eigenvalue weighted by molar-refractivity contribution is 5.99. The number of hydrogen-bond acceptors (Lipinski definition) is 17. The molecule has 436 valence electrons. The molecule has 2 rings (SSSR count). The molecule has 1 saturated heterocycles. The van der Waals surface area contributed by atoms with Crippen molar-refractivity contribution in [1.82, 2.24) is 47.4 Å². The summed E-state index contributed by atoms with van der Waals surface area (Å²) in [7, 11) is 0. The van der Waals surface area contributed by atoms with E-state index in [9.17, 15) is 78.3 Å². The van der Waals surface area contributed by atoms with Crippen molar-refractivity contribution < 1.29 is 78.3 Å². The van der Waals surface area contributed by atoms with Crippen LogP contribution >= 0.6 is 0 Å². The second-order valence-corrected chi connectivity index (χ2v) is 19.1. The number of nitrogens with one attached hydrogen (secondary N) is 8. The predicted octanol–water partition coefficient (Wildman–Crippen LogP) is -6.77. The molecule has 1 aromatic rings. The quantitative estimate of drug-likeness (QED) is 0.0177. The molecule has 30 heteroatoms. The van der Waals surface area contributed by atoms with E-state index in [2.05, 4.69) is 47.5 Å². The summed E-state index contributed by atoms with van der Waals surface area (Å²) < 4.78 is 0. The van der Waals surface area contributed by atoms with Gasteiger partial charge in [0.05, 0.1) is 19.8 Å². The molecule has 1 aliphatic rings. The van der Waals surface area contributed by atoms with Crippen LogP contribution in [0.4, 0.5) is 0 Å². The molecule has 21 N–H and O–H groups in total. The van der Waals surface area contributed by atoms with Crippen molar-refractivity contribution in [3.8, 4) is 5.75 Å². The number of aliphatic imine (C=N–C) groups is 1. The van der Waals surface area contributed by atoms with Gasteiger partial charge >= 0.3 is 5.97 Å². The number of phenols is 1. The van der Waals surface area contributed by atoms with Crippen molar-refractivity contribution in [2.75, 3.05) is 32.9 Å². The lowest BCUT2D eigenvalue weighted by molar-refractivity contribution is -0.149. The van der Waals surface area contributed by atoms with Gasteiger partial charge < -0.3 is 95.9 Å². The minimum Gasteiger partial charge on any atom is -0.508 e. The van der Waals surface area contributed by atoms with Crippen LogP contribution in [-0.4, -0.2) is 195 Å². The topological polar surface area (TPSA) is 505 Å². The zero-order chi connectivity index (χ0) is 59.0. The summed E-state index contributed by atoms with van der Waals surface area (Å²) in [5, 5.41) is 68.6. The van der Waals surface area contributed by atoms with E-state index in [1.165, 1.54) is 45.0 Å². The van der Waals surface area contributed by atoms with Crippen LogP contribution in [0.1, 0.15) is 85.1 Å². The molecule has 10 amide bonds. The summed E-state index contributed by atoms with van der Waals surface area (Å²) in [4.78, 5) is 151. The van der Waals surface area contributed by atoms with Crippen molar-refractivity contribution in [1.29, 1.82) is 0 Å². The number of amides is 10. The maximum absolute atomic E-state index is 14.0. The summed E-state index contributed by atoms with van der Waals surface area (Å²) in [6, 6.07) is -9.10. The molecule has 0 unspecified atom stereocenters. The van der Waals surface area contributed by atoms with Crippen LogP contribution in [0.3, 0.4) is 0 Å². The van der Waals surface area contributed by atoms with Gasteiger partial charge in [-0.1, -0.05) is 46.2 Å². The van der Waals surface area contributed by atoms with E-state index in [0.29, 0.717) is 12.0 Å². The fourth-order valence-corrected chi connectivity index (χ4v) is 7.88. The fourth-order valence-electron chi connectivity index (χ4n) is 7.88. The molecule has 78 heavy (non-hydrogen) atoms. The van der Waals surface area contributed by atoms with E-state index in [-0.39, 0.29) is 63.3 Å². The van der Waals surface area contributed by atoms with E-state index in [1.54, 1.807) is 13.8 Å². The largest absolute Gasteiger partial charge is 0.508 e. The van der Waals surface area contributed by atoms with Gasteiger partial charge in [-0.3, -0.25) is 52.9 Å². The molecule has 0 aliphatic carbocycles. The Balaban J connectivity index is 2.31. The first-order valence-electron chi connectivity index (χ1n) is 25.4. The molecular weight excluding hydrogens is 1030 g/mol. The predicted molar refractivity (Wildman–Crippen MR) is 277 cm³/mol. The van der Waals surface area contributed by atoms with Gasteiger partial charge in [0.15, 0.2) is 5.96 Å². The molecular formula is C48H78N14O16. The minimum atomic E-state index is -1.77. The number of guanidine groups is 1. The third kappa shape index (κ3) is 21.4. The molecule has 1 fully saturated rings. The minimum absolute atomic E-state index is 0.0272. The van der Waals surface area contributed by atoms with Crippen molar-refractivity contribution in [2.24, 2.45) is 39.8 Å². The maximum atomic E-state index is 14.0. The highest BCUT2D eigenvalue weighted by Gasteiger charge is 2.39. The Kier molecular flexibility index (Phi) is 27.9. The van der Waals surface area contributed by atoms with Gasteiger partial charge in [0, 0.05) is 25.9 Å². The third-order valence-electron chi connectivity index (χ3n) is 12.7. The number of nitrogens with two attached hydrogens (primary N) is 4. The summed E-state index contributed by atoms with van der Waals surface area (Å²) in [6.07, 6.45) is -0.216. The number of nitrogens with zero attached hydrogens (tertiary/aromatic N) is 2. The van der Waals surface area contributed by atoms with Crippen molar-refractivity contribution >= 4 is 71.0 Å². The van der Waals surface area contributed by atoms with Crippen LogP contribution in [0.25, 0.3) is 0 Å². The molecule has 0 spiro atoms. The molecule has 30 nitrogen and oxygen atoms in total. The van der Waals surface area contributed by atoms with E-state index >= 15 is 0 Å². The van der Waals surface area contributed by atoms with Crippen molar-refractivity contribution in [3.05, 3.63) is 29.8 Å². The zero-order valence-electron chi connectivity index (χ0n) is 44.4. The Hall–Kier alpha value is -7.70. The van der Waals surface area contributed by atoms with Gasteiger partial charge in [0.25, 0.3) is 0 Å². The Bertz CT molecular complexity index is 2280. The molecule has 11 atom stereocenters. The molecule has 1 aliphatic heterocycles. The highest BCUT2D eigenvalue weighted by Crippen LogP contribution is 2.19. The highest BCUT2D eigenvalue weighted by atomic mass is 16.4. The number of phenolic OH excluding ortho intramolecular Hbond substituents is 1. The summed E-state index contributed by atoms with van der Waals surface area (Å²) in [5.74, 6) is -12.5. The van der Waals surface area contributed by atoms with Gasteiger partial charge in [-0.15, -0.1) is 0 Å². The van der Waals surface area contributed by atoms with E-state index in [0.717, 1.165) is 4.90 Å². The van der Waals surface area contributed by atoms with Crippen LogP contribution in [-0.2, 0) is 59.2 Å². The fraction of sp³-hybridized carbons (Fsp3) is 0.625. The molecule has 0 aromatic heterocycles. The number of likely N-dealkylation sites (tertiary alicyclic amines) is 1. The number of primary amides is 1. The standard InChI is InChI=1S/C48H78N14O16/c1-6-24(4)37(61-43(73)32(21-64)58-41(71)31(57-38(68)28(49)20-63)19-26-11-13-27(66)14-12-26)45(75)59-33(22-65)42(72)60-36(23(2)3)44(74)56-29(9-7-17-53-48(51)52)40(70)55-30(15-16-35(50)67)39(69)54-25(5)46(76)62-18-8-10-34(62)47(77)78/h11-14,23-25,28-34,36-37,63-66H,6-10,15-22,49H2,1-5H3,(H2,50,67)(H,54,69)(H,55,70)(H,56,74)(H,57,68)(H,58,71)(H,59,75)(H,60,72)(H,61,73)(H,77,78)(H4,51,52,53)/t24-,25-,28-,29-,30-,31-,32-,33-,34-,36-,37-/m0/s1. The molecule has 1 aromatic carbocycles. The molecule has 0 saturated carbocycles. The van der Waals surface area contributed by atoms with Crippen LogP contribution in [0, 0.1) is 11.8 Å². The zero-order valence-corrected chi connectivity index (χ0v) is 44.4. The van der Waals surface area contributed by atoms with E-state index in [1.807, 2.05) is 0 Å². The second-order valence-electron chi connectivity index (χ2n) is 19.1. The Morgan fingerprint density at radius 3 is 1.65 bits per heavy atom. The number of benzene rings is 1. The second kappa shape index (κ2) is 32.8. The smallest absolute Gasteiger partial charge is 0.326 e. The number of rotatable bonds is 33. The number of hydrogen-bond donors (Lipinski definition) is 17. The molecule has 0 bridgehead atoms. The van der Waals surface area contributed by atoms with Gasteiger partial charge in [0.2, 0.25) is 59.1 Å².